The third-order valence-electron chi connectivity index (χ3n) is 10.3. The maximum Gasteiger partial charge on any atom is 1.00 e. The summed E-state index contributed by atoms with van der Waals surface area (Å²) in [6.45, 7) is 13.9. The zero-order valence-electron chi connectivity index (χ0n) is 27.5. The Morgan fingerprint density at radius 3 is 2.23 bits per heavy atom. The van der Waals surface area contributed by atoms with Crippen LogP contribution in [0.3, 0.4) is 0 Å². The maximum absolute atomic E-state index is 9.98. The summed E-state index contributed by atoms with van der Waals surface area (Å²) in [6, 6.07) is 0.478. The second-order valence-electron chi connectivity index (χ2n) is 12.9. The van der Waals surface area contributed by atoms with Crippen LogP contribution in [-0.2, 0) is 15.5 Å². The van der Waals surface area contributed by atoms with Crippen LogP contribution in [0, 0.1) is 30.1 Å². The predicted octanol–water partition coefficient (Wildman–Crippen LogP) is 1.87. The Hall–Kier alpha value is -0.360. The molecule has 0 radical (unpaired) electrons. The Bertz CT molecular complexity index is 992. The molecule has 0 spiro atoms. The normalized spacial score (nSPS) is 27.7. The number of likely N-dealkylation sites (N-methyl/N-ethyl adjacent to an activating group) is 1. The Labute approximate surface area is 288 Å². The van der Waals surface area contributed by atoms with E-state index in [2.05, 4.69) is 68.3 Å². The first kappa shape index (κ1) is 38.8. The fourth-order valence-corrected chi connectivity index (χ4v) is 7.68. The largest absolute Gasteiger partial charge is 1.00 e. The molecule has 4 rings (SSSR count). The van der Waals surface area contributed by atoms with Crippen molar-refractivity contribution in [1.29, 1.82) is 0 Å². The van der Waals surface area contributed by atoms with Crippen molar-refractivity contribution in [3.63, 3.8) is 0 Å². The van der Waals surface area contributed by atoms with Crippen LogP contribution >= 0.6 is 0 Å². The molecular formula is C33H61N3NaO5S+. The van der Waals surface area contributed by atoms with Gasteiger partial charge in [-0.05, 0) is 95.1 Å². The summed E-state index contributed by atoms with van der Waals surface area (Å²) in [5.41, 5.74) is 3.10. The minimum atomic E-state index is -3.11. The van der Waals surface area contributed by atoms with Crippen LogP contribution in [0.25, 0.3) is 0 Å². The molecule has 0 bridgehead atoms. The van der Waals surface area contributed by atoms with Gasteiger partial charge >= 0.3 is 40.2 Å². The van der Waals surface area contributed by atoms with Crippen molar-refractivity contribution in [2.45, 2.75) is 97.2 Å². The number of hydrogen-bond acceptors (Lipinski definition) is 7. The summed E-state index contributed by atoms with van der Waals surface area (Å²) in [4.78, 5) is 11.8. The van der Waals surface area contributed by atoms with E-state index in [1.807, 2.05) is 0 Å². The van der Waals surface area contributed by atoms with E-state index in [1.54, 1.807) is 10.5 Å². The van der Waals surface area contributed by atoms with Gasteiger partial charge in [0.2, 0.25) is 0 Å². The molecule has 0 aromatic rings. The summed E-state index contributed by atoms with van der Waals surface area (Å²) in [6.07, 6.45) is 24.4. The predicted molar refractivity (Wildman–Crippen MR) is 172 cm³/mol. The standard InChI is InChI=1S/C33H56N3O2.Na.O3S.2H2/c1-5-26(6-2)24-35(7-3)31-15-13-28(14-16-31)33(29-17-20-34(4)21-18-29)30-19-22-36(32(23-30)38-37)25-27-11-9-8-10-12-27;;1-4(2)3;;/h9,13-16,26-27,29-32,37H,5-8,10-12,17-25H2,1-4H3;;;2*1H/q-1;+1;;;/p+1. The van der Waals surface area contributed by atoms with Gasteiger partial charge in [-0.3, -0.25) is 10.2 Å². The number of quaternary nitrogens is 1. The van der Waals surface area contributed by atoms with Gasteiger partial charge in [0.25, 0.3) is 0 Å². The molecule has 2 aliphatic heterocycles. The summed E-state index contributed by atoms with van der Waals surface area (Å²) < 4.78 is 25.3. The molecule has 2 aliphatic carbocycles. The van der Waals surface area contributed by atoms with Crippen LogP contribution in [0.15, 0.2) is 35.5 Å². The number of piperidine rings is 2. The molecule has 2 N–H and O–H groups in total. The Kier molecular flexibility index (Phi) is 18.7. The van der Waals surface area contributed by atoms with Gasteiger partial charge in [0, 0.05) is 21.9 Å². The first-order chi connectivity index (χ1) is 20.3. The molecule has 1 saturated carbocycles. The van der Waals surface area contributed by atoms with E-state index >= 15 is 0 Å². The van der Waals surface area contributed by atoms with Gasteiger partial charge < -0.3 is 16.2 Å². The van der Waals surface area contributed by atoms with Gasteiger partial charge in [0.15, 0.2) is 0 Å². The second kappa shape index (κ2) is 20.7. The first-order valence-electron chi connectivity index (χ1n) is 16.6. The van der Waals surface area contributed by atoms with Gasteiger partial charge in [-0.25, -0.2) is 4.89 Å². The molecule has 0 amide bonds. The Morgan fingerprint density at radius 2 is 1.70 bits per heavy atom. The van der Waals surface area contributed by atoms with Gasteiger partial charge in [0.05, 0.1) is 13.1 Å². The smallest absolute Gasteiger partial charge is 0.328 e. The summed E-state index contributed by atoms with van der Waals surface area (Å²) in [7, 11) is -0.854. The molecule has 0 aromatic carbocycles. The molecule has 4 unspecified atom stereocenters. The number of nitrogens with zero attached hydrogens (tertiary/aromatic N) is 2. The van der Waals surface area contributed by atoms with E-state index < -0.39 is 10.6 Å². The van der Waals surface area contributed by atoms with E-state index in [-0.39, 0.29) is 38.6 Å². The van der Waals surface area contributed by atoms with Crippen molar-refractivity contribution in [2.75, 3.05) is 46.3 Å². The fraction of sp³-hybridized carbons (Fsp3) is 0.788. The molecule has 10 heteroatoms. The average molecular weight is 635 g/mol. The Morgan fingerprint density at radius 1 is 1.07 bits per heavy atom. The molecule has 2 heterocycles. The van der Waals surface area contributed by atoms with E-state index in [0.29, 0.717) is 17.9 Å². The van der Waals surface area contributed by atoms with Crippen molar-refractivity contribution in [2.24, 2.45) is 23.7 Å². The fourth-order valence-electron chi connectivity index (χ4n) is 7.68. The monoisotopic (exact) mass is 634 g/mol. The van der Waals surface area contributed by atoms with Crippen LogP contribution in [0.2, 0.25) is 0 Å². The number of allylic oxidation sites excluding steroid dienone is 4. The first-order valence-corrected chi connectivity index (χ1v) is 17.6. The van der Waals surface area contributed by atoms with Crippen LogP contribution < -0.4 is 34.5 Å². The van der Waals surface area contributed by atoms with Crippen molar-refractivity contribution in [3.05, 3.63) is 41.9 Å². The van der Waals surface area contributed by atoms with Gasteiger partial charge in [-0.1, -0.05) is 50.3 Å². The molecule has 3 fully saturated rings. The zero-order chi connectivity index (χ0) is 30.5. The van der Waals surface area contributed by atoms with E-state index in [4.69, 9.17) is 17.5 Å². The van der Waals surface area contributed by atoms with Crippen molar-refractivity contribution < 1.29 is 60.1 Å². The van der Waals surface area contributed by atoms with Crippen molar-refractivity contribution >= 4 is 10.6 Å². The minimum absolute atomic E-state index is 0. The van der Waals surface area contributed by atoms with E-state index in [1.165, 1.54) is 89.5 Å². The third-order valence-corrected chi connectivity index (χ3v) is 10.3. The number of nitrogens with one attached hydrogen (secondary N) is 1. The summed E-state index contributed by atoms with van der Waals surface area (Å²) in [5, 5.41) is 9.98. The molecule has 43 heavy (non-hydrogen) atoms. The Balaban J connectivity index is 0.00000261. The average Bonchev–Trinajstić information content (AvgIpc) is 3.00. The van der Waals surface area contributed by atoms with Crippen molar-refractivity contribution in [1.82, 2.24) is 9.80 Å². The number of rotatable bonds is 11. The van der Waals surface area contributed by atoms with Crippen LogP contribution in [0.5, 0.6) is 0 Å². The molecule has 0 aromatic heterocycles. The molecule has 2 saturated heterocycles. The molecule has 244 valence electrons. The van der Waals surface area contributed by atoms with Gasteiger partial charge in [-0.2, -0.15) is 12.8 Å². The molecule has 8 nitrogen and oxygen atoms in total. The SMILES string of the molecule is CCC(CC)C[NH+](CC)C1C=CC(=C(C2CCN(C)CC2)C2CCN(CC3C[CH-]CCC3)C(OO)C2)C=C1.O=S(=O)=O.[HH].[HH].[Na+]. The summed E-state index contributed by atoms with van der Waals surface area (Å²) >= 11 is 0. The minimum Gasteiger partial charge on any atom is -0.328 e. The topological polar surface area (TPSA) is 91.6 Å². The zero-order valence-corrected chi connectivity index (χ0v) is 30.4. The maximum atomic E-state index is 9.98. The number of hydrogen-bond donors (Lipinski definition) is 2. The third kappa shape index (κ3) is 12.4. The van der Waals surface area contributed by atoms with E-state index in [0.717, 1.165) is 31.3 Å². The second-order valence-corrected chi connectivity index (χ2v) is 13.3. The van der Waals surface area contributed by atoms with Gasteiger partial charge in [-0.15, -0.1) is 12.6 Å². The molecular weight excluding hydrogens is 573 g/mol. The summed E-state index contributed by atoms with van der Waals surface area (Å²) in [5.74, 6) is 2.64. The van der Waals surface area contributed by atoms with Crippen LogP contribution in [0.4, 0.5) is 0 Å². The van der Waals surface area contributed by atoms with Gasteiger partial charge in [0.1, 0.15) is 12.3 Å². The van der Waals surface area contributed by atoms with Crippen LogP contribution in [0.1, 0.15) is 87.8 Å². The molecule has 4 aliphatic rings. The number of likely N-dealkylation sites (tertiary alicyclic amines) is 2. The molecule has 4 atom stereocenters. The quantitative estimate of drug-likeness (QED) is 0.155. The van der Waals surface area contributed by atoms with Crippen LogP contribution in [-0.4, -0.2) is 86.3 Å². The van der Waals surface area contributed by atoms with E-state index in [9.17, 15) is 5.26 Å². The van der Waals surface area contributed by atoms with Crippen molar-refractivity contribution in [3.8, 4) is 0 Å².